The molecule has 0 fully saturated rings. The van der Waals surface area contributed by atoms with E-state index in [2.05, 4.69) is 10.1 Å². The number of anilines is 1. The lowest BCUT2D eigenvalue weighted by molar-refractivity contribution is 0.408. The third-order valence-corrected chi connectivity index (χ3v) is 3.36. The van der Waals surface area contributed by atoms with Crippen LogP contribution in [0.3, 0.4) is 0 Å². The van der Waals surface area contributed by atoms with Crippen LogP contribution in [-0.4, -0.2) is 26.4 Å². The second-order valence-corrected chi connectivity index (χ2v) is 4.75. The molecule has 7 heteroatoms. The van der Waals surface area contributed by atoms with Crippen LogP contribution in [0.4, 0.5) is 5.69 Å². The Balaban J connectivity index is 2.08. The number of hydrogen-bond donors (Lipinski definition) is 1. The fraction of sp³-hybridized carbons (Fsp3) is 0.214. The third-order valence-electron chi connectivity index (χ3n) is 3.36. The number of aromatic nitrogens is 4. The van der Waals surface area contributed by atoms with Crippen LogP contribution in [0.1, 0.15) is 5.56 Å². The van der Waals surface area contributed by atoms with E-state index in [-0.39, 0.29) is 5.56 Å². The van der Waals surface area contributed by atoms with Gasteiger partial charge in [0, 0.05) is 18.3 Å². The maximum Gasteiger partial charge on any atom is 0.264 e. The zero-order valence-corrected chi connectivity index (χ0v) is 11.8. The van der Waals surface area contributed by atoms with E-state index in [1.54, 1.807) is 37.0 Å². The molecule has 0 unspecified atom stereocenters. The van der Waals surface area contributed by atoms with E-state index >= 15 is 0 Å². The number of fused-ring (bicyclic) bond motifs is 1. The van der Waals surface area contributed by atoms with E-state index in [9.17, 15) is 4.79 Å². The Hall–Kier alpha value is -2.83. The summed E-state index contributed by atoms with van der Waals surface area (Å²) in [7, 11) is 3.33. The molecular formula is C14H15N5O2. The van der Waals surface area contributed by atoms with Gasteiger partial charge in [0.15, 0.2) is 5.65 Å². The van der Waals surface area contributed by atoms with Crippen LogP contribution >= 0.6 is 0 Å². The van der Waals surface area contributed by atoms with E-state index in [1.165, 1.54) is 17.1 Å². The van der Waals surface area contributed by atoms with Gasteiger partial charge in [0.1, 0.15) is 17.5 Å². The van der Waals surface area contributed by atoms with Crippen molar-refractivity contribution in [2.45, 2.75) is 6.54 Å². The monoisotopic (exact) mass is 285 g/mol. The van der Waals surface area contributed by atoms with Crippen LogP contribution in [0.25, 0.3) is 11.0 Å². The van der Waals surface area contributed by atoms with Gasteiger partial charge < -0.3 is 10.5 Å². The molecular weight excluding hydrogens is 270 g/mol. The van der Waals surface area contributed by atoms with Gasteiger partial charge in [-0.3, -0.25) is 14.0 Å². The predicted octanol–water partition coefficient (Wildman–Crippen LogP) is 0.769. The normalized spacial score (nSPS) is 11.0. The van der Waals surface area contributed by atoms with Crippen LogP contribution in [0.2, 0.25) is 0 Å². The molecule has 0 aliphatic carbocycles. The Bertz CT molecular complexity index is 865. The summed E-state index contributed by atoms with van der Waals surface area (Å²) in [5.41, 5.74) is 7.66. The number of methoxy groups -OCH3 is 1. The maximum absolute atomic E-state index is 12.4. The van der Waals surface area contributed by atoms with Crippen LogP contribution in [0, 0.1) is 0 Å². The van der Waals surface area contributed by atoms with Gasteiger partial charge >= 0.3 is 0 Å². The number of benzene rings is 1. The SMILES string of the molecule is COc1ccc(N)cc1Cn1cnc2c(cnn2C)c1=O. The highest BCUT2D eigenvalue weighted by Crippen LogP contribution is 2.21. The quantitative estimate of drug-likeness (QED) is 0.718. The smallest absolute Gasteiger partial charge is 0.264 e. The second kappa shape index (κ2) is 4.93. The number of nitrogen functional groups attached to an aromatic ring is 1. The van der Waals surface area contributed by atoms with Crippen molar-refractivity contribution < 1.29 is 4.74 Å². The molecule has 0 aliphatic heterocycles. The molecule has 3 aromatic rings. The van der Waals surface area contributed by atoms with E-state index < -0.39 is 0 Å². The van der Waals surface area contributed by atoms with Crippen LogP contribution in [0.15, 0.2) is 35.5 Å². The summed E-state index contributed by atoms with van der Waals surface area (Å²) >= 11 is 0. The first kappa shape index (κ1) is 13.2. The number of aryl methyl sites for hydroxylation is 1. The van der Waals surface area contributed by atoms with E-state index in [4.69, 9.17) is 10.5 Å². The number of ether oxygens (including phenoxy) is 1. The van der Waals surface area contributed by atoms with Gasteiger partial charge in [-0.05, 0) is 18.2 Å². The summed E-state index contributed by atoms with van der Waals surface area (Å²) < 4.78 is 8.38. The first-order valence-corrected chi connectivity index (χ1v) is 6.39. The fourth-order valence-electron chi connectivity index (χ4n) is 2.28. The molecule has 0 aliphatic rings. The number of hydrogen-bond acceptors (Lipinski definition) is 5. The molecule has 7 nitrogen and oxygen atoms in total. The molecule has 1 aromatic carbocycles. The Morgan fingerprint density at radius 1 is 1.38 bits per heavy atom. The Kier molecular flexibility index (Phi) is 3.09. The van der Waals surface area contributed by atoms with Gasteiger partial charge in [-0.2, -0.15) is 5.10 Å². The fourth-order valence-corrected chi connectivity index (χ4v) is 2.28. The Morgan fingerprint density at radius 3 is 2.95 bits per heavy atom. The Labute approximate surface area is 120 Å². The number of nitrogens with zero attached hydrogens (tertiary/aromatic N) is 4. The molecule has 0 saturated heterocycles. The molecule has 0 bridgehead atoms. The van der Waals surface area contributed by atoms with Gasteiger partial charge in [0.05, 0.1) is 19.9 Å². The Morgan fingerprint density at radius 2 is 2.19 bits per heavy atom. The minimum absolute atomic E-state index is 0.141. The summed E-state index contributed by atoms with van der Waals surface area (Å²) in [4.78, 5) is 16.7. The van der Waals surface area contributed by atoms with Gasteiger partial charge in [-0.1, -0.05) is 0 Å². The second-order valence-electron chi connectivity index (χ2n) is 4.75. The molecule has 2 N–H and O–H groups in total. The van der Waals surface area contributed by atoms with Crippen molar-refractivity contribution in [2.24, 2.45) is 7.05 Å². The van der Waals surface area contributed by atoms with Crippen molar-refractivity contribution in [1.29, 1.82) is 0 Å². The zero-order valence-electron chi connectivity index (χ0n) is 11.8. The van der Waals surface area contributed by atoms with E-state index in [1.807, 2.05) is 0 Å². The van der Waals surface area contributed by atoms with Crippen molar-refractivity contribution >= 4 is 16.7 Å². The van der Waals surface area contributed by atoms with E-state index in [0.717, 1.165) is 5.56 Å². The van der Waals surface area contributed by atoms with Crippen molar-refractivity contribution in [1.82, 2.24) is 19.3 Å². The van der Waals surface area contributed by atoms with Crippen molar-refractivity contribution in [3.8, 4) is 5.75 Å². The third kappa shape index (κ3) is 2.22. The molecule has 0 spiro atoms. The molecule has 0 atom stereocenters. The highest BCUT2D eigenvalue weighted by molar-refractivity contribution is 5.72. The van der Waals surface area contributed by atoms with Crippen molar-refractivity contribution in [3.63, 3.8) is 0 Å². The summed E-state index contributed by atoms with van der Waals surface area (Å²) in [5, 5.41) is 4.54. The predicted molar refractivity (Wildman–Crippen MR) is 79.3 cm³/mol. The lowest BCUT2D eigenvalue weighted by atomic mass is 10.1. The highest BCUT2D eigenvalue weighted by Gasteiger charge is 2.10. The summed E-state index contributed by atoms with van der Waals surface area (Å²) in [6.07, 6.45) is 3.03. The summed E-state index contributed by atoms with van der Waals surface area (Å²) in [6, 6.07) is 5.33. The van der Waals surface area contributed by atoms with Gasteiger partial charge in [0.25, 0.3) is 5.56 Å². The van der Waals surface area contributed by atoms with Crippen LogP contribution in [-0.2, 0) is 13.6 Å². The molecule has 0 radical (unpaired) electrons. The zero-order chi connectivity index (χ0) is 15.0. The lowest BCUT2D eigenvalue weighted by Gasteiger charge is -2.11. The first-order chi connectivity index (χ1) is 10.1. The number of nitrogens with two attached hydrogens (primary N) is 1. The molecule has 21 heavy (non-hydrogen) atoms. The average molecular weight is 285 g/mol. The largest absolute Gasteiger partial charge is 0.496 e. The molecule has 2 heterocycles. The van der Waals surface area contributed by atoms with Crippen molar-refractivity contribution in [2.75, 3.05) is 12.8 Å². The molecule has 2 aromatic heterocycles. The number of rotatable bonds is 3. The minimum Gasteiger partial charge on any atom is -0.496 e. The van der Waals surface area contributed by atoms with Gasteiger partial charge in [-0.15, -0.1) is 0 Å². The van der Waals surface area contributed by atoms with Crippen LogP contribution < -0.4 is 16.0 Å². The van der Waals surface area contributed by atoms with Gasteiger partial charge in [0.2, 0.25) is 0 Å². The van der Waals surface area contributed by atoms with Gasteiger partial charge in [-0.25, -0.2) is 4.98 Å². The first-order valence-electron chi connectivity index (χ1n) is 6.39. The summed E-state index contributed by atoms with van der Waals surface area (Å²) in [5.74, 6) is 0.683. The molecule has 108 valence electrons. The minimum atomic E-state index is -0.141. The summed E-state index contributed by atoms with van der Waals surface area (Å²) in [6.45, 7) is 0.338. The molecule has 3 rings (SSSR count). The average Bonchev–Trinajstić information content (AvgIpc) is 2.84. The topological polar surface area (TPSA) is 88.0 Å². The maximum atomic E-state index is 12.4. The standard InChI is InChI=1S/C14H15N5O2/c1-18-13-11(6-17-18)14(20)19(8-16-13)7-9-5-10(15)3-4-12(9)21-2/h3-6,8H,7,15H2,1-2H3. The molecule has 0 amide bonds. The van der Waals surface area contributed by atoms with Crippen LogP contribution in [0.5, 0.6) is 5.75 Å². The lowest BCUT2D eigenvalue weighted by Crippen LogP contribution is -2.21. The van der Waals surface area contributed by atoms with E-state index in [0.29, 0.717) is 29.0 Å². The van der Waals surface area contributed by atoms with Crippen molar-refractivity contribution in [3.05, 3.63) is 46.6 Å². The molecule has 0 saturated carbocycles. The highest BCUT2D eigenvalue weighted by atomic mass is 16.5.